The molecule has 0 spiro atoms. The van der Waals surface area contributed by atoms with E-state index < -0.39 is 0 Å². The van der Waals surface area contributed by atoms with Crippen LogP contribution in [0.25, 0.3) is 0 Å². The number of benzene rings is 2. The lowest BCUT2D eigenvalue weighted by molar-refractivity contribution is 0.267. The number of hydrogen-bond donors (Lipinski definition) is 1. The first-order valence-electron chi connectivity index (χ1n) is 8.84. The van der Waals surface area contributed by atoms with Crippen molar-refractivity contribution < 1.29 is 9.47 Å². The number of tetrazole rings is 1. The highest BCUT2D eigenvalue weighted by Crippen LogP contribution is 2.32. The van der Waals surface area contributed by atoms with Crippen LogP contribution >= 0.6 is 0 Å². The molecule has 0 aliphatic rings. The molecule has 0 saturated heterocycles. The molecule has 140 valence electrons. The van der Waals surface area contributed by atoms with E-state index in [0.29, 0.717) is 32.3 Å². The topological polar surface area (TPSA) is 74.1 Å². The zero-order valence-corrected chi connectivity index (χ0v) is 15.3. The average molecular weight is 365 g/mol. The Balaban J connectivity index is 1.77. The minimum Gasteiger partial charge on any atom is -0.490 e. The van der Waals surface area contributed by atoms with Crippen LogP contribution in [0.15, 0.2) is 61.2 Å². The van der Waals surface area contributed by atoms with E-state index in [2.05, 4.69) is 27.4 Å². The van der Waals surface area contributed by atoms with Gasteiger partial charge in [-0.05, 0) is 29.0 Å². The highest BCUT2D eigenvalue weighted by molar-refractivity contribution is 5.48. The van der Waals surface area contributed by atoms with E-state index in [-0.39, 0.29) is 0 Å². The second-order valence-electron chi connectivity index (χ2n) is 5.78. The van der Waals surface area contributed by atoms with Gasteiger partial charge in [0.05, 0.1) is 13.2 Å². The van der Waals surface area contributed by atoms with Gasteiger partial charge >= 0.3 is 0 Å². The summed E-state index contributed by atoms with van der Waals surface area (Å²) in [5, 5.41) is 14.9. The standard InChI is InChI=1S/C20H23N5O2/c1-3-13-25-20(22-23-24-25)21-14-17-11-8-12-18(26-4-2)19(17)27-15-16-9-6-5-7-10-16/h3,5-12H,1,4,13-15H2,2H3,(H,21,22,24). The van der Waals surface area contributed by atoms with Crippen molar-refractivity contribution in [3.8, 4) is 11.5 Å². The number of aromatic nitrogens is 4. The quantitative estimate of drug-likeness (QED) is 0.555. The Morgan fingerprint density at radius 1 is 1.11 bits per heavy atom. The lowest BCUT2D eigenvalue weighted by atomic mass is 10.1. The third-order valence-corrected chi connectivity index (χ3v) is 3.86. The molecule has 0 aliphatic heterocycles. The molecule has 7 heteroatoms. The van der Waals surface area contributed by atoms with Gasteiger partial charge < -0.3 is 14.8 Å². The first-order valence-corrected chi connectivity index (χ1v) is 8.84. The van der Waals surface area contributed by atoms with Crippen molar-refractivity contribution in [2.75, 3.05) is 11.9 Å². The molecule has 3 rings (SSSR count). The second kappa shape index (κ2) is 9.38. The van der Waals surface area contributed by atoms with E-state index in [4.69, 9.17) is 9.47 Å². The predicted octanol–water partition coefficient (Wildman–Crippen LogP) is 3.45. The molecule has 0 fully saturated rings. The maximum Gasteiger partial charge on any atom is 0.243 e. The molecule has 3 aromatic rings. The Labute approximate surface area is 158 Å². The monoisotopic (exact) mass is 365 g/mol. The molecular formula is C20H23N5O2. The van der Waals surface area contributed by atoms with Gasteiger partial charge in [-0.3, -0.25) is 0 Å². The predicted molar refractivity (Wildman–Crippen MR) is 104 cm³/mol. The number of nitrogens with one attached hydrogen (secondary N) is 1. The van der Waals surface area contributed by atoms with Gasteiger partial charge in [-0.1, -0.05) is 53.6 Å². The largest absolute Gasteiger partial charge is 0.490 e. The molecule has 0 bridgehead atoms. The average Bonchev–Trinajstić information content (AvgIpc) is 3.14. The van der Waals surface area contributed by atoms with Crippen molar-refractivity contribution in [3.05, 3.63) is 72.3 Å². The number of ether oxygens (including phenoxy) is 2. The van der Waals surface area contributed by atoms with E-state index in [1.807, 2.05) is 55.5 Å². The molecule has 1 aromatic heterocycles. The number of rotatable bonds is 10. The lowest BCUT2D eigenvalue weighted by Gasteiger charge is -2.16. The Morgan fingerprint density at radius 3 is 2.74 bits per heavy atom. The minimum atomic E-state index is 0.464. The van der Waals surface area contributed by atoms with Crippen LogP contribution in [0, 0.1) is 0 Å². The van der Waals surface area contributed by atoms with Crippen LogP contribution in [0.1, 0.15) is 18.1 Å². The molecule has 2 aromatic carbocycles. The van der Waals surface area contributed by atoms with Gasteiger partial charge in [0.2, 0.25) is 5.95 Å². The summed E-state index contributed by atoms with van der Waals surface area (Å²) in [6.07, 6.45) is 1.74. The summed E-state index contributed by atoms with van der Waals surface area (Å²) in [5.74, 6) is 2.02. The smallest absolute Gasteiger partial charge is 0.243 e. The summed E-state index contributed by atoms with van der Waals surface area (Å²) in [6.45, 7) is 7.73. The van der Waals surface area contributed by atoms with Gasteiger partial charge in [0.25, 0.3) is 0 Å². The highest BCUT2D eigenvalue weighted by Gasteiger charge is 2.13. The molecule has 0 radical (unpaired) electrons. The molecule has 27 heavy (non-hydrogen) atoms. The minimum absolute atomic E-state index is 0.464. The van der Waals surface area contributed by atoms with E-state index in [0.717, 1.165) is 22.6 Å². The maximum atomic E-state index is 6.11. The van der Waals surface area contributed by atoms with Gasteiger partial charge in [0.1, 0.15) is 6.61 Å². The molecule has 0 unspecified atom stereocenters. The summed E-state index contributed by atoms with van der Waals surface area (Å²) >= 11 is 0. The van der Waals surface area contributed by atoms with Crippen molar-refractivity contribution in [1.29, 1.82) is 0 Å². The van der Waals surface area contributed by atoms with Crippen molar-refractivity contribution >= 4 is 5.95 Å². The third kappa shape index (κ3) is 4.84. The van der Waals surface area contributed by atoms with Crippen LogP contribution in [0.3, 0.4) is 0 Å². The van der Waals surface area contributed by atoms with Gasteiger partial charge in [-0.2, -0.15) is 0 Å². The number of nitrogens with zero attached hydrogens (tertiary/aromatic N) is 4. The second-order valence-corrected chi connectivity index (χ2v) is 5.78. The Hall–Kier alpha value is -3.35. The summed E-state index contributed by atoms with van der Waals surface area (Å²) in [7, 11) is 0. The summed E-state index contributed by atoms with van der Waals surface area (Å²) < 4.78 is 13.5. The zero-order valence-electron chi connectivity index (χ0n) is 15.3. The molecular weight excluding hydrogens is 342 g/mol. The fourth-order valence-electron chi connectivity index (χ4n) is 2.61. The normalized spacial score (nSPS) is 10.4. The number of para-hydroxylation sites is 1. The first kappa shape index (κ1) is 18.4. The molecule has 1 heterocycles. The van der Waals surface area contributed by atoms with Crippen molar-refractivity contribution in [2.24, 2.45) is 0 Å². The SMILES string of the molecule is C=CCn1nnnc1NCc1cccc(OCC)c1OCc1ccccc1. The number of allylic oxidation sites excluding steroid dienone is 1. The Kier molecular flexibility index (Phi) is 6.40. The van der Waals surface area contributed by atoms with Crippen LogP contribution in [0.2, 0.25) is 0 Å². The molecule has 1 N–H and O–H groups in total. The van der Waals surface area contributed by atoms with Crippen LogP contribution < -0.4 is 14.8 Å². The van der Waals surface area contributed by atoms with Gasteiger partial charge in [0, 0.05) is 12.1 Å². The first-order chi connectivity index (χ1) is 13.3. The summed E-state index contributed by atoms with van der Waals surface area (Å²) in [6, 6.07) is 15.9. The fraction of sp³-hybridized carbons (Fsp3) is 0.250. The van der Waals surface area contributed by atoms with Crippen LogP contribution in [-0.4, -0.2) is 26.8 Å². The lowest BCUT2D eigenvalue weighted by Crippen LogP contribution is -2.10. The number of hydrogen-bond acceptors (Lipinski definition) is 6. The molecule has 7 nitrogen and oxygen atoms in total. The van der Waals surface area contributed by atoms with Gasteiger partial charge in [-0.15, -0.1) is 6.58 Å². The van der Waals surface area contributed by atoms with Crippen LogP contribution in [0.4, 0.5) is 5.95 Å². The Bertz CT molecular complexity index is 864. The molecule has 0 amide bonds. The molecule has 0 aliphatic carbocycles. The summed E-state index contributed by atoms with van der Waals surface area (Å²) in [5.41, 5.74) is 2.06. The van der Waals surface area contributed by atoms with E-state index >= 15 is 0 Å². The molecule has 0 atom stereocenters. The zero-order chi connectivity index (χ0) is 18.9. The maximum absolute atomic E-state index is 6.11. The van der Waals surface area contributed by atoms with Crippen molar-refractivity contribution in [3.63, 3.8) is 0 Å². The van der Waals surface area contributed by atoms with Crippen molar-refractivity contribution in [2.45, 2.75) is 26.6 Å². The van der Waals surface area contributed by atoms with Gasteiger partial charge in [-0.25, -0.2) is 4.68 Å². The van der Waals surface area contributed by atoms with Gasteiger partial charge in [0.15, 0.2) is 11.5 Å². The van der Waals surface area contributed by atoms with E-state index in [1.54, 1.807) is 10.8 Å². The molecule has 0 saturated carbocycles. The summed E-state index contributed by atoms with van der Waals surface area (Å²) in [4.78, 5) is 0. The van der Waals surface area contributed by atoms with Crippen molar-refractivity contribution in [1.82, 2.24) is 20.2 Å². The third-order valence-electron chi connectivity index (χ3n) is 3.86. The van der Waals surface area contributed by atoms with E-state index in [1.165, 1.54) is 0 Å². The highest BCUT2D eigenvalue weighted by atomic mass is 16.5. The Morgan fingerprint density at radius 2 is 1.96 bits per heavy atom. The van der Waals surface area contributed by atoms with E-state index in [9.17, 15) is 0 Å². The fourth-order valence-corrected chi connectivity index (χ4v) is 2.61. The number of anilines is 1. The van der Waals surface area contributed by atoms with Crippen LogP contribution in [-0.2, 0) is 19.7 Å². The van der Waals surface area contributed by atoms with Crippen LogP contribution in [0.5, 0.6) is 11.5 Å².